The number of unbranched alkanes of at least 4 members (excludes halogenated alkanes) is 1. The first kappa shape index (κ1) is 16.2. The summed E-state index contributed by atoms with van der Waals surface area (Å²) in [5, 5.41) is 5.29. The predicted octanol–water partition coefficient (Wildman–Crippen LogP) is 0.937. The molecule has 1 aromatic carbocycles. The van der Waals surface area contributed by atoms with Crippen LogP contribution in [0.3, 0.4) is 0 Å². The molecule has 0 aliphatic heterocycles. The minimum atomic E-state index is -0.531. The van der Waals surface area contributed by atoms with Gasteiger partial charge in [-0.15, -0.1) is 0 Å². The van der Waals surface area contributed by atoms with Crippen LogP contribution >= 0.6 is 0 Å². The number of hydrogen-bond donors (Lipinski definition) is 3. The maximum Gasteiger partial charge on any atom is 0.239 e. The van der Waals surface area contributed by atoms with Gasteiger partial charge in [-0.05, 0) is 12.0 Å². The second-order valence-electron chi connectivity index (χ2n) is 4.73. The molecule has 0 spiro atoms. The fraction of sp³-hybridized carbons (Fsp3) is 0.467. The molecular formula is C15H23N3O2. The first-order chi connectivity index (χ1) is 9.63. The molecule has 0 bridgehead atoms. The second-order valence-corrected chi connectivity index (χ2v) is 4.73. The monoisotopic (exact) mass is 277 g/mol. The molecule has 0 radical (unpaired) electrons. The molecular weight excluding hydrogens is 254 g/mol. The molecule has 4 N–H and O–H groups in total. The van der Waals surface area contributed by atoms with Crippen LogP contribution in [-0.2, 0) is 16.1 Å². The summed E-state index contributed by atoms with van der Waals surface area (Å²) < 4.78 is 0. The number of nitrogens with two attached hydrogens (primary N) is 1. The van der Waals surface area contributed by atoms with Crippen LogP contribution in [-0.4, -0.2) is 24.4 Å². The lowest BCUT2D eigenvalue weighted by atomic mass is 10.1. The third kappa shape index (κ3) is 6.33. The van der Waals surface area contributed by atoms with Crippen molar-refractivity contribution in [1.82, 2.24) is 10.6 Å². The first-order valence-electron chi connectivity index (χ1n) is 6.97. The molecule has 5 nitrogen and oxygen atoms in total. The van der Waals surface area contributed by atoms with E-state index in [-0.39, 0.29) is 18.4 Å². The smallest absolute Gasteiger partial charge is 0.239 e. The number of nitrogens with one attached hydrogen (secondary N) is 2. The van der Waals surface area contributed by atoms with Crippen molar-refractivity contribution in [3.05, 3.63) is 35.9 Å². The average molecular weight is 277 g/mol. The topological polar surface area (TPSA) is 84.2 Å². The predicted molar refractivity (Wildman–Crippen MR) is 78.8 cm³/mol. The molecule has 0 aromatic heterocycles. The number of amides is 2. The minimum Gasteiger partial charge on any atom is -0.350 e. The van der Waals surface area contributed by atoms with Gasteiger partial charge < -0.3 is 16.4 Å². The molecule has 5 heteroatoms. The fourth-order valence-corrected chi connectivity index (χ4v) is 1.71. The summed E-state index contributed by atoms with van der Waals surface area (Å²) in [6.45, 7) is 2.46. The quantitative estimate of drug-likeness (QED) is 0.661. The Kier molecular flexibility index (Phi) is 7.35. The van der Waals surface area contributed by atoms with Gasteiger partial charge in [0.25, 0.3) is 0 Å². The van der Waals surface area contributed by atoms with Crippen LogP contribution in [0.2, 0.25) is 0 Å². The molecule has 1 aromatic rings. The molecule has 1 rings (SSSR count). The van der Waals surface area contributed by atoms with Gasteiger partial charge in [0.1, 0.15) is 0 Å². The molecule has 1 atom stereocenters. The Hall–Kier alpha value is -1.88. The number of carbonyl (C=O) groups excluding carboxylic acids is 2. The molecule has 0 heterocycles. The summed E-state index contributed by atoms with van der Waals surface area (Å²) in [6.07, 6.45) is 2.56. The molecule has 0 saturated carbocycles. The van der Waals surface area contributed by atoms with Gasteiger partial charge in [-0.25, -0.2) is 0 Å². The van der Waals surface area contributed by atoms with Crippen LogP contribution in [0.15, 0.2) is 30.3 Å². The van der Waals surface area contributed by atoms with Gasteiger partial charge >= 0.3 is 0 Å². The number of carbonyl (C=O) groups is 2. The lowest BCUT2D eigenvalue weighted by Gasteiger charge is -2.11. The highest BCUT2D eigenvalue weighted by Gasteiger charge is 2.13. The maximum atomic E-state index is 11.6. The van der Waals surface area contributed by atoms with Crippen LogP contribution in [0.5, 0.6) is 0 Å². The van der Waals surface area contributed by atoms with Crippen molar-refractivity contribution >= 4 is 11.8 Å². The fourth-order valence-electron chi connectivity index (χ4n) is 1.71. The number of benzene rings is 1. The standard InChI is InChI=1S/C15H23N3O2/c1-2-3-9-13(16)15(20)18-11-14(19)17-10-12-7-5-4-6-8-12/h4-8,13H,2-3,9-11,16H2,1H3,(H,17,19)(H,18,20)/t13-/m0/s1. The van der Waals surface area contributed by atoms with Gasteiger partial charge in [0.15, 0.2) is 0 Å². The van der Waals surface area contributed by atoms with E-state index in [4.69, 9.17) is 5.73 Å². The summed E-state index contributed by atoms with van der Waals surface area (Å²) in [5.41, 5.74) is 6.73. The van der Waals surface area contributed by atoms with E-state index in [1.54, 1.807) is 0 Å². The van der Waals surface area contributed by atoms with Crippen LogP contribution in [0.1, 0.15) is 31.7 Å². The molecule has 0 unspecified atom stereocenters. The van der Waals surface area contributed by atoms with Crippen molar-refractivity contribution in [1.29, 1.82) is 0 Å². The van der Waals surface area contributed by atoms with Gasteiger partial charge in [-0.3, -0.25) is 9.59 Å². The van der Waals surface area contributed by atoms with Crippen molar-refractivity contribution in [2.45, 2.75) is 38.8 Å². The molecule has 2 amide bonds. The van der Waals surface area contributed by atoms with E-state index >= 15 is 0 Å². The molecule has 110 valence electrons. The van der Waals surface area contributed by atoms with Crippen molar-refractivity contribution in [3.63, 3.8) is 0 Å². The summed E-state index contributed by atoms with van der Waals surface area (Å²) in [6, 6.07) is 9.07. The molecule has 0 saturated heterocycles. The zero-order chi connectivity index (χ0) is 14.8. The van der Waals surface area contributed by atoms with E-state index in [1.165, 1.54) is 0 Å². The van der Waals surface area contributed by atoms with Crippen LogP contribution < -0.4 is 16.4 Å². The lowest BCUT2D eigenvalue weighted by Crippen LogP contribution is -2.44. The van der Waals surface area contributed by atoms with E-state index in [0.717, 1.165) is 18.4 Å². The molecule has 0 fully saturated rings. The van der Waals surface area contributed by atoms with Gasteiger partial charge in [0.05, 0.1) is 12.6 Å². The highest BCUT2D eigenvalue weighted by Crippen LogP contribution is 1.98. The Morgan fingerprint density at radius 1 is 1.20 bits per heavy atom. The summed E-state index contributed by atoms with van der Waals surface area (Å²) in [4.78, 5) is 23.2. The van der Waals surface area contributed by atoms with Gasteiger partial charge in [0, 0.05) is 6.54 Å². The maximum absolute atomic E-state index is 11.6. The average Bonchev–Trinajstić information content (AvgIpc) is 2.49. The largest absolute Gasteiger partial charge is 0.350 e. The van der Waals surface area contributed by atoms with E-state index in [1.807, 2.05) is 37.3 Å². The molecule has 0 aliphatic carbocycles. The zero-order valence-electron chi connectivity index (χ0n) is 11.9. The highest BCUT2D eigenvalue weighted by atomic mass is 16.2. The van der Waals surface area contributed by atoms with Gasteiger partial charge in [-0.1, -0.05) is 50.1 Å². The summed E-state index contributed by atoms with van der Waals surface area (Å²) in [5.74, 6) is -0.488. The number of rotatable bonds is 8. The normalized spacial score (nSPS) is 11.7. The van der Waals surface area contributed by atoms with E-state index < -0.39 is 6.04 Å². The third-order valence-electron chi connectivity index (χ3n) is 2.96. The van der Waals surface area contributed by atoms with E-state index in [0.29, 0.717) is 13.0 Å². The zero-order valence-corrected chi connectivity index (χ0v) is 11.9. The van der Waals surface area contributed by atoms with E-state index in [2.05, 4.69) is 10.6 Å². The van der Waals surface area contributed by atoms with Crippen LogP contribution in [0.4, 0.5) is 0 Å². The lowest BCUT2D eigenvalue weighted by molar-refractivity contribution is -0.127. The summed E-state index contributed by atoms with van der Waals surface area (Å²) in [7, 11) is 0. The second kappa shape index (κ2) is 9.09. The Bertz CT molecular complexity index is 420. The minimum absolute atomic E-state index is 0.0362. The Balaban J connectivity index is 2.21. The van der Waals surface area contributed by atoms with Crippen molar-refractivity contribution in [2.75, 3.05) is 6.54 Å². The highest BCUT2D eigenvalue weighted by molar-refractivity contribution is 5.87. The first-order valence-corrected chi connectivity index (χ1v) is 6.97. The van der Waals surface area contributed by atoms with Gasteiger partial charge in [0.2, 0.25) is 11.8 Å². The Labute approximate surface area is 119 Å². The van der Waals surface area contributed by atoms with Crippen molar-refractivity contribution in [3.8, 4) is 0 Å². The van der Waals surface area contributed by atoms with Crippen molar-refractivity contribution in [2.24, 2.45) is 5.73 Å². The van der Waals surface area contributed by atoms with Crippen LogP contribution in [0.25, 0.3) is 0 Å². The Morgan fingerprint density at radius 3 is 2.55 bits per heavy atom. The van der Waals surface area contributed by atoms with E-state index in [9.17, 15) is 9.59 Å². The Morgan fingerprint density at radius 2 is 1.90 bits per heavy atom. The van der Waals surface area contributed by atoms with Crippen LogP contribution in [0, 0.1) is 0 Å². The molecule has 0 aliphatic rings. The number of hydrogen-bond acceptors (Lipinski definition) is 3. The summed E-state index contributed by atoms with van der Waals surface area (Å²) >= 11 is 0. The van der Waals surface area contributed by atoms with Gasteiger partial charge in [-0.2, -0.15) is 0 Å². The third-order valence-corrected chi connectivity index (χ3v) is 2.96. The molecule has 20 heavy (non-hydrogen) atoms. The SMILES string of the molecule is CCCC[C@H](N)C(=O)NCC(=O)NCc1ccccc1. The van der Waals surface area contributed by atoms with Crippen molar-refractivity contribution < 1.29 is 9.59 Å².